The minimum Gasteiger partial charge on any atom is -0.504 e. The Morgan fingerprint density at radius 3 is 2.04 bits per heavy atom. The van der Waals surface area contributed by atoms with E-state index in [0.717, 1.165) is 22.0 Å². The van der Waals surface area contributed by atoms with E-state index in [1.807, 2.05) is 6.07 Å². The fourth-order valence-corrected chi connectivity index (χ4v) is 3.69. The molecule has 6 nitrogen and oxygen atoms in total. The van der Waals surface area contributed by atoms with Crippen LogP contribution in [0, 0.1) is 0 Å². The van der Waals surface area contributed by atoms with E-state index in [1.165, 1.54) is 32.0 Å². The van der Waals surface area contributed by atoms with E-state index in [1.54, 1.807) is 36.0 Å². The Labute approximate surface area is 166 Å². The average molecular weight is 411 g/mol. The Kier molecular flexibility index (Phi) is 8.47. The SMILES string of the molecule is COc1cc(SCCCOC(=O)CSc2ccc(O)c(OC)c2)ccc1O. The molecule has 27 heavy (non-hydrogen) atoms. The second-order valence-corrected chi connectivity index (χ2v) is 7.60. The number of thioether (sulfide) groups is 2. The second kappa shape index (κ2) is 10.8. The van der Waals surface area contributed by atoms with Gasteiger partial charge in [-0.05, 0) is 42.8 Å². The molecule has 0 aromatic heterocycles. The summed E-state index contributed by atoms with van der Waals surface area (Å²) in [6.07, 6.45) is 0.720. The van der Waals surface area contributed by atoms with Crippen molar-refractivity contribution < 1.29 is 29.2 Å². The Morgan fingerprint density at radius 2 is 1.48 bits per heavy atom. The molecule has 0 bridgehead atoms. The van der Waals surface area contributed by atoms with Gasteiger partial charge in [0.05, 0.1) is 26.6 Å². The van der Waals surface area contributed by atoms with Crippen molar-refractivity contribution in [1.29, 1.82) is 0 Å². The van der Waals surface area contributed by atoms with Crippen molar-refractivity contribution >= 4 is 29.5 Å². The largest absolute Gasteiger partial charge is 0.504 e. The molecule has 0 fully saturated rings. The van der Waals surface area contributed by atoms with Gasteiger partial charge in [-0.25, -0.2) is 0 Å². The lowest BCUT2D eigenvalue weighted by molar-refractivity contribution is -0.140. The molecule has 0 atom stereocenters. The van der Waals surface area contributed by atoms with Crippen LogP contribution in [-0.4, -0.2) is 48.5 Å². The molecular weight excluding hydrogens is 388 g/mol. The first kappa shape index (κ1) is 21.1. The van der Waals surface area contributed by atoms with Crippen LogP contribution in [-0.2, 0) is 9.53 Å². The van der Waals surface area contributed by atoms with Gasteiger partial charge in [0.2, 0.25) is 0 Å². The zero-order valence-electron chi connectivity index (χ0n) is 15.1. The molecule has 2 N–H and O–H groups in total. The van der Waals surface area contributed by atoms with Crippen molar-refractivity contribution in [3.8, 4) is 23.0 Å². The van der Waals surface area contributed by atoms with Gasteiger partial charge in [-0.1, -0.05) is 0 Å². The summed E-state index contributed by atoms with van der Waals surface area (Å²) < 4.78 is 15.3. The van der Waals surface area contributed by atoms with Crippen LogP contribution in [0.3, 0.4) is 0 Å². The third-order valence-electron chi connectivity index (χ3n) is 3.48. The topological polar surface area (TPSA) is 85.2 Å². The number of hydrogen-bond acceptors (Lipinski definition) is 8. The van der Waals surface area contributed by atoms with Gasteiger partial charge in [0.25, 0.3) is 0 Å². The average Bonchev–Trinajstić information content (AvgIpc) is 2.68. The lowest BCUT2D eigenvalue weighted by atomic mass is 10.3. The monoisotopic (exact) mass is 410 g/mol. The lowest BCUT2D eigenvalue weighted by Crippen LogP contribution is -2.08. The predicted molar refractivity (Wildman–Crippen MR) is 106 cm³/mol. The van der Waals surface area contributed by atoms with Crippen LogP contribution in [0.5, 0.6) is 23.0 Å². The van der Waals surface area contributed by atoms with Crippen LogP contribution in [0.2, 0.25) is 0 Å². The van der Waals surface area contributed by atoms with Crippen LogP contribution in [0.4, 0.5) is 0 Å². The molecule has 146 valence electrons. The van der Waals surface area contributed by atoms with Crippen molar-refractivity contribution in [1.82, 2.24) is 0 Å². The molecule has 0 aliphatic rings. The van der Waals surface area contributed by atoms with Crippen LogP contribution >= 0.6 is 23.5 Å². The van der Waals surface area contributed by atoms with E-state index in [9.17, 15) is 15.0 Å². The number of hydrogen-bond donors (Lipinski definition) is 2. The van der Waals surface area contributed by atoms with Gasteiger partial charge >= 0.3 is 5.97 Å². The molecule has 0 amide bonds. The molecule has 2 aromatic carbocycles. The number of carbonyl (C=O) groups excluding carboxylic acids is 1. The molecule has 2 aromatic rings. The standard InChI is InChI=1S/C19H22O6S2/c1-23-17-10-13(4-6-15(17)20)26-9-3-8-25-19(22)12-27-14-5-7-16(21)18(11-14)24-2/h4-7,10-11,20-21H,3,8-9,12H2,1-2H3. The van der Waals surface area contributed by atoms with Gasteiger partial charge in [0.1, 0.15) is 0 Å². The van der Waals surface area contributed by atoms with E-state index >= 15 is 0 Å². The maximum absolute atomic E-state index is 11.8. The first-order valence-electron chi connectivity index (χ1n) is 8.18. The number of aromatic hydroxyl groups is 2. The highest BCUT2D eigenvalue weighted by Gasteiger charge is 2.08. The number of rotatable bonds is 10. The predicted octanol–water partition coefficient (Wildman–Crippen LogP) is 3.93. The van der Waals surface area contributed by atoms with Gasteiger partial charge in [0, 0.05) is 15.5 Å². The quantitative estimate of drug-likeness (QED) is 0.346. The summed E-state index contributed by atoms with van der Waals surface area (Å²) in [5.41, 5.74) is 0. The normalized spacial score (nSPS) is 10.4. The molecule has 0 saturated heterocycles. The maximum atomic E-state index is 11.8. The van der Waals surface area contributed by atoms with E-state index in [0.29, 0.717) is 18.1 Å². The molecule has 8 heteroatoms. The van der Waals surface area contributed by atoms with Crippen molar-refractivity contribution in [2.75, 3.05) is 32.3 Å². The zero-order chi connectivity index (χ0) is 19.6. The number of ether oxygens (including phenoxy) is 3. The van der Waals surface area contributed by atoms with E-state index in [-0.39, 0.29) is 23.2 Å². The van der Waals surface area contributed by atoms with Gasteiger partial charge in [-0.2, -0.15) is 0 Å². The Bertz CT molecular complexity index is 766. The first-order chi connectivity index (χ1) is 13.0. The summed E-state index contributed by atoms with van der Waals surface area (Å²) in [6, 6.07) is 10.1. The fraction of sp³-hybridized carbons (Fsp3) is 0.316. The zero-order valence-corrected chi connectivity index (χ0v) is 16.8. The minimum atomic E-state index is -0.289. The fourth-order valence-electron chi connectivity index (χ4n) is 2.11. The van der Waals surface area contributed by atoms with Crippen LogP contribution < -0.4 is 9.47 Å². The van der Waals surface area contributed by atoms with Crippen molar-refractivity contribution in [3.05, 3.63) is 36.4 Å². The second-order valence-electron chi connectivity index (χ2n) is 5.38. The smallest absolute Gasteiger partial charge is 0.316 e. The molecular formula is C19H22O6S2. The molecule has 0 saturated carbocycles. The highest BCUT2D eigenvalue weighted by molar-refractivity contribution is 8.00. The highest BCUT2D eigenvalue weighted by atomic mass is 32.2. The maximum Gasteiger partial charge on any atom is 0.316 e. The van der Waals surface area contributed by atoms with Gasteiger partial charge in [0.15, 0.2) is 23.0 Å². The van der Waals surface area contributed by atoms with Gasteiger partial charge < -0.3 is 24.4 Å². The Hall–Kier alpha value is -2.19. The van der Waals surface area contributed by atoms with Crippen molar-refractivity contribution in [3.63, 3.8) is 0 Å². The molecule has 0 aliphatic heterocycles. The molecule has 0 radical (unpaired) electrons. The summed E-state index contributed by atoms with van der Waals surface area (Å²) in [5.74, 6) is 1.67. The van der Waals surface area contributed by atoms with Gasteiger partial charge in [-0.15, -0.1) is 23.5 Å². The highest BCUT2D eigenvalue weighted by Crippen LogP contribution is 2.32. The number of esters is 1. The third-order valence-corrected chi connectivity index (χ3v) is 5.53. The number of benzene rings is 2. The van der Waals surface area contributed by atoms with E-state index < -0.39 is 0 Å². The molecule has 0 spiro atoms. The summed E-state index contributed by atoms with van der Waals surface area (Å²) in [7, 11) is 2.99. The summed E-state index contributed by atoms with van der Waals surface area (Å²) in [4.78, 5) is 13.6. The Balaban J connectivity index is 1.65. The molecule has 0 aliphatic carbocycles. The van der Waals surface area contributed by atoms with E-state index in [4.69, 9.17) is 14.2 Å². The number of methoxy groups -OCH3 is 2. The van der Waals surface area contributed by atoms with Crippen molar-refractivity contribution in [2.24, 2.45) is 0 Å². The Morgan fingerprint density at radius 1 is 0.926 bits per heavy atom. The number of phenols is 2. The summed E-state index contributed by atoms with van der Waals surface area (Å²) in [5, 5.41) is 19.1. The van der Waals surface area contributed by atoms with Crippen LogP contribution in [0.15, 0.2) is 46.2 Å². The first-order valence-corrected chi connectivity index (χ1v) is 10.2. The summed E-state index contributed by atoms with van der Waals surface area (Å²) >= 11 is 2.93. The molecule has 0 heterocycles. The summed E-state index contributed by atoms with van der Waals surface area (Å²) in [6.45, 7) is 0.348. The third kappa shape index (κ3) is 6.80. The molecule has 0 unspecified atom stereocenters. The van der Waals surface area contributed by atoms with Crippen LogP contribution in [0.25, 0.3) is 0 Å². The van der Waals surface area contributed by atoms with Gasteiger partial charge in [-0.3, -0.25) is 4.79 Å². The number of phenolic OH excluding ortho intramolecular Hbond substituents is 2. The van der Waals surface area contributed by atoms with Crippen LogP contribution in [0.1, 0.15) is 6.42 Å². The van der Waals surface area contributed by atoms with Crippen molar-refractivity contribution in [2.45, 2.75) is 16.2 Å². The van der Waals surface area contributed by atoms with E-state index in [2.05, 4.69) is 0 Å². The lowest BCUT2D eigenvalue weighted by Gasteiger charge is -2.08. The number of carbonyl (C=O) groups is 1. The minimum absolute atomic E-state index is 0.0631. The molecule has 2 rings (SSSR count).